The number of hydrogen-bond acceptors (Lipinski definition) is 3. The fraction of sp³-hybridized carbons (Fsp3) is 0. The Balaban J connectivity index is 1.92. The zero-order chi connectivity index (χ0) is 17.0. The van der Waals surface area contributed by atoms with Crippen LogP contribution in [0.1, 0.15) is 11.1 Å². The average Bonchev–Trinajstić information content (AvgIpc) is 2.98. The van der Waals surface area contributed by atoms with E-state index in [-0.39, 0.29) is 5.75 Å². The highest BCUT2D eigenvalue weighted by Crippen LogP contribution is 2.41. The molecule has 5 rings (SSSR count). The molecule has 2 aromatic heterocycles. The molecule has 25 heavy (non-hydrogen) atoms. The highest BCUT2D eigenvalue weighted by Gasteiger charge is 2.23. The van der Waals surface area contributed by atoms with Gasteiger partial charge in [0.15, 0.2) is 0 Å². The van der Waals surface area contributed by atoms with E-state index < -0.39 is 0 Å². The standard InChI is InChI=1S/C20H12ClN3O/c21-16-9-11(25)5-6-14(16)19-15-10-23-20-18(15)13(7-8-22-20)12-3-1-2-4-17(12)24-19/h1-10,25H,(H,22,23). The van der Waals surface area contributed by atoms with E-state index in [1.165, 1.54) is 6.07 Å². The Labute approximate surface area is 148 Å². The number of rotatable bonds is 1. The summed E-state index contributed by atoms with van der Waals surface area (Å²) in [5, 5.41) is 11.2. The third kappa shape index (κ3) is 2.08. The number of phenols is 1. The largest absolute Gasteiger partial charge is 0.508 e. The van der Waals surface area contributed by atoms with Gasteiger partial charge < -0.3 is 10.1 Å². The number of pyridine rings is 1. The van der Waals surface area contributed by atoms with E-state index in [0.29, 0.717) is 5.02 Å². The minimum Gasteiger partial charge on any atom is -0.508 e. The molecule has 5 heteroatoms. The topological polar surface area (TPSA) is 61.3 Å². The van der Waals surface area contributed by atoms with E-state index in [1.54, 1.807) is 18.3 Å². The molecule has 4 nitrogen and oxygen atoms in total. The zero-order valence-corrected chi connectivity index (χ0v) is 13.7. The Kier molecular flexibility index (Phi) is 2.96. The van der Waals surface area contributed by atoms with Crippen LogP contribution in [0, 0.1) is 0 Å². The summed E-state index contributed by atoms with van der Waals surface area (Å²) in [6, 6.07) is 15.0. The maximum Gasteiger partial charge on any atom is 0.138 e. The second-order valence-corrected chi connectivity index (χ2v) is 6.33. The van der Waals surface area contributed by atoms with E-state index in [0.717, 1.165) is 44.7 Å². The molecule has 0 saturated carbocycles. The number of hydrogen-bond donors (Lipinski definition) is 2. The maximum absolute atomic E-state index is 9.68. The summed E-state index contributed by atoms with van der Waals surface area (Å²) in [6.07, 6.45) is 3.71. The lowest BCUT2D eigenvalue weighted by Gasteiger charge is -2.08. The third-order valence-electron chi connectivity index (χ3n) is 4.46. The highest BCUT2D eigenvalue weighted by atomic mass is 35.5. The number of fused-ring (bicyclic) bond motifs is 2. The van der Waals surface area contributed by atoms with Crippen LogP contribution < -0.4 is 0 Å². The Morgan fingerprint density at radius 2 is 1.80 bits per heavy atom. The molecule has 1 aliphatic rings. The molecule has 0 unspecified atom stereocenters. The van der Waals surface area contributed by atoms with Gasteiger partial charge in [0.25, 0.3) is 0 Å². The number of aliphatic imine (C=N–C) groups is 1. The van der Waals surface area contributed by atoms with Gasteiger partial charge in [-0.15, -0.1) is 0 Å². The van der Waals surface area contributed by atoms with Crippen molar-refractivity contribution in [2.24, 2.45) is 4.99 Å². The SMILES string of the molecule is Oc1ccc(C2=Nc3ccccc3-c3ccnc4[nH]cc2c34)c(Cl)c1. The van der Waals surface area contributed by atoms with Crippen LogP contribution in [0.3, 0.4) is 0 Å². The van der Waals surface area contributed by atoms with Crippen LogP contribution in [-0.4, -0.2) is 20.8 Å². The number of aromatic nitrogens is 2. The van der Waals surface area contributed by atoms with Gasteiger partial charge in [-0.05, 0) is 35.9 Å². The fourth-order valence-electron chi connectivity index (χ4n) is 3.35. The van der Waals surface area contributed by atoms with Gasteiger partial charge in [0.1, 0.15) is 11.4 Å². The van der Waals surface area contributed by atoms with Crippen molar-refractivity contribution >= 4 is 34.0 Å². The fourth-order valence-corrected chi connectivity index (χ4v) is 3.61. The molecule has 3 heterocycles. The molecular weight excluding hydrogens is 334 g/mol. The highest BCUT2D eigenvalue weighted by molar-refractivity contribution is 6.37. The van der Waals surface area contributed by atoms with E-state index in [1.807, 2.05) is 30.5 Å². The lowest BCUT2D eigenvalue weighted by molar-refractivity contribution is 0.475. The molecule has 2 N–H and O–H groups in total. The first-order valence-corrected chi connectivity index (χ1v) is 8.23. The molecule has 0 atom stereocenters. The van der Waals surface area contributed by atoms with Gasteiger partial charge in [-0.2, -0.15) is 0 Å². The molecule has 1 aliphatic heterocycles. The van der Waals surface area contributed by atoms with E-state index in [2.05, 4.69) is 16.0 Å². The number of phenolic OH excluding ortho intramolecular Hbond substituents is 1. The summed E-state index contributed by atoms with van der Waals surface area (Å²) in [4.78, 5) is 12.6. The Morgan fingerprint density at radius 1 is 0.920 bits per heavy atom. The van der Waals surface area contributed by atoms with Gasteiger partial charge >= 0.3 is 0 Å². The molecule has 0 spiro atoms. The van der Waals surface area contributed by atoms with Gasteiger partial charge in [-0.3, -0.25) is 0 Å². The number of nitrogens with zero attached hydrogens (tertiary/aromatic N) is 2. The van der Waals surface area contributed by atoms with Crippen LogP contribution in [0.4, 0.5) is 5.69 Å². The van der Waals surface area contributed by atoms with Crippen molar-refractivity contribution < 1.29 is 5.11 Å². The van der Waals surface area contributed by atoms with Gasteiger partial charge in [0, 0.05) is 34.5 Å². The lowest BCUT2D eigenvalue weighted by Crippen LogP contribution is -2.02. The number of aromatic hydroxyl groups is 1. The van der Waals surface area contributed by atoms with Crippen molar-refractivity contribution in [2.75, 3.05) is 0 Å². The van der Waals surface area contributed by atoms with Crippen LogP contribution in [0.2, 0.25) is 5.02 Å². The molecule has 2 aromatic carbocycles. The summed E-state index contributed by atoms with van der Waals surface area (Å²) in [6.45, 7) is 0. The summed E-state index contributed by atoms with van der Waals surface area (Å²) in [7, 11) is 0. The van der Waals surface area contributed by atoms with Crippen LogP contribution in [0.25, 0.3) is 22.2 Å². The minimum absolute atomic E-state index is 0.129. The first-order valence-electron chi connectivity index (χ1n) is 7.86. The van der Waals surface area contributed by atoms with Crippen molar-refractivity contribution in [2.45, 2.75) is 0 Å². The number of aromatic amines is 1. The molecular formula is C20H12ClN3O. The summed E-state index contributed by atoms with van der Waals surface area (Å²) in [5.41, 5.74) is 6.31. The smallest absolute Gasteiger partial charge is 0.138 e. The van der Waals surface area contributed by atoms with Gasteiger partial charge in [0.05, 0.1) is 16.4 Å². The van der Waals surface area contributed by atoms with Crippen LogP contribution in [0.5, 0.6) is 5.75 Å². The molecule has 0 fully saturated rings. The second kappa shape index (κ2) is 5.19. The third-order valence-corrected chi connectivity index (χ3v) is 4.78. The normalized spacial score (nSPS) is 12.6. The Bertz CT molecular complexity index is 1180. The molecule has 4 aromatic rings. The quantitative estimate of drug-likeness (QED) is 0.445. The lowest BCUT2D eigenvalue weighted by atomic mass is 9.98. The van der Waals surface area contributed by atoms with Crippen LogP contribution >= 0.6 is 11.6 Å². The monoisotopic (exact) mass is 345 g/mol. The number of nitrogens with one attached hydrogen (secondary N) is 1. The zero-order valence-electron chi connectivity index (χ0n) is 13.0. The predicted molar refractivity (Wildman–Crippen MR) is 99.9 cm³/mol. The average molecular weight is 346 g/mol. The molecule has 0 bridgehead atoms. The number of halogens is 1. The van der Waals surface area contributed by atoms with E-state index in [9.17, 15) is 5.11 Å². The number of H-pyrrole nitrogens is 1. The molecule has 0 amide bonds. The van der Waals surface area contributed by atoms with E-state index in [4.69, 9.17) is 16.6 Å². The molecule has 120 valence electrons. The molecule has 0 radical (unpaired) electrons. The molecule has 0 aliphatic carbocycles. The van der Waals surface area contributed by atoms with Gasteiger partial charge in [0.2, 0.25) is 0 Å². The Morgan fingerprint density at radius 3 is 2.68 bits per heavy atom. The Hall–Kier alpha value is -3.11. The van der Waals surface area contributed by atoms with Crippen molar-refractivity contribution in [1.82, 2.24) is 9.97 Å². The predicted octanol–water partition coefficient (Wildman–Crippen LogP) is 5.07. The van der Waals surface area contributed by atoms with Gasteiger partial charge in [-0.1, -0.05) is 29.8 Å². The number of para-hydroxylation sites is 1. The van der Waals surface area contributed by atoms with Crippen molar-refractivity contribution in [1.29, 1.82) is 0 Å². The summed E-state index contributed by atoms with van der Waals surface area (Å²) >= 11 is 6.41. The second-order valence-electron chi connectivity index (χ2n) is 5.93. The number of benzene rings is 2. The first kappa shape index (κ1) is 14.3. The summed E-state index contributed by atoms with van der Waals surface area (Å²) in [5.74, 6) is 0.129. The van der Waals surface area contributed by atoms with Crippen LogP contribution in [-0.2, 0) is 0 Å². The van der Waals surface area contributed by atoms with Crippen molar-refractivity contribution in [3.05, 3.63) is 77.1 Å². The van der Waals surface area contributed by atoms with Crippen molar-refractivity contribution in [3.8, 4) is 16.9 Å². The van der Waals surface area contributed by atoms with Gasteiger partial charge in [-0.25, -0.2) is 9.98 Å². The van der Waals surface area contributed by atoms with Crippen LogP contribution in [0.15, 0.2) is 65.9 Å². The minimum atomic E-state index is 0.129. The van der Waals surface area contributed by atoms with E-state index >= 15 is 0 Å². The van der Waals surface area contributed by atoms with Crippen molar-refractivity contribution in [3.63, 3.8) is 0 Å². The summed E-state index contributed by atoms with van der Waals surface area (Å²) < 4.78 is 0. The first-order chi connectivity index (χ1) is 12.2. The maximum atomic E-state index is 9.68. The molecule has 0 saturated heterocycles.